The molecule has 23 heavy (non-hydrogen) atoms. The lowest BCUT2D eigenvalue weighted by Crippen LogP contribution is -2.42. The van der Waals surface area contributed by atoms with Crippen LogP contribution in [-0.4, -0.2) is 30.1 Å². The largest absolute Gasteiger partial charge is 0.396 e. The van der Waals surface area contributed by atoms with E-state index >= 15 is 0 Å². The average molecular weight is 328 g/mol. The van der Waals surface area contributed by atoms with Gasteiger partial charge in [0.05, 0.1) is 5.69 Å². The second kappa shape index (κ2) is 8.57. The Morgan fingerprint density at radius 2 is 1.83 bits per heavy atom. The summed E-state index contributed by atoms with van der Waals surface area (Å²) in [5.41, 5.74) is -0.551. The van der Waals surface area contributed by atoms with E-state index in [1.165, 1.54) is 0 Å². The number of nitrogens with one attached hydrogen (secondary N) is 2. The maximum atomic E-state index is 13.4. The molecule has 0 spiro atoms. The standard InChI is InChI=1S/C16H22F2N2O3/c1-3-16(4-2,7-8-21)10-19-14(22)15(23)20-13-6-5-11(17)9-12(13)18/h5-6,9,21H,3-4,7-8,10H2,1-2H3,(H,19,22)(H,20,23). The third kappa shape index (κ3) is 5.28. The Morgan fingerprint density at radius 1 is 1.17 bits per heavy atom. The molecule has 1 aromatic rings. The topological polar surface area (TPSA) is 78.4 Å². The summed E-state index contributed by atoms with van der Waals surface area (Å²) in [4.78, 5) is 23.6. The Hall–Kier alpha value is -2.02. The van der Waals surface area contributed by atoms with Gasteiger partial charge in [-0.2, -0.15) is 0 Å². The third-order valence-corrected chi connectivity index (χ3v) is 4.15. The summed E-state index contributed by atoms with van der Waals surface area (Å²) in [7, 11) is 0. The molecule has 0 saturated heterocycles. The van der Waals surface area contributed by atoms with Crippen molar-refractivity contribution in [2.75, 3.05) is 18.5 Å². The smallest absolute Gasteiger partial charge is 0.313 e. The molecule has 128 valence electrons. The number of amides is 2. The van der Waals surface area contributed by atoms with E-state index < -0.39 is 23.4 Å². The maximum absolute atomic E-state index is 13.4. The summed E-state index contributed by atoms with van der Waals surface area (Å²) in [6.07, 6.45) is 1.98. The normalized spacial score (nSPS) is 11.2. The predicted octanol–water partition coefficient (Wildman–Crippen LogP) is 2.21. The minimum absolute atomic E-state index is 0.00939. The van der Waals surface area contributed by atoms with Crippen molar-refractivity contribution in [1.29, 1.82) is 0 Å². The summed E-state index contributed by atoms with van der Waals surface area (Å²) >= 11 is 0. The first kappa shape index (κ1) is 19.0. The zero-order chi connectivity index (χ0) is 17.5. The van der Waals surface area contributed by atoms with Crippen molar-refractivity contribution in [3.8, 4) is 0 Å². The van der Waals surface area contributed by atoms with Crippen molar-refractivity contribution in [2.24, 2.45) is 5.41 Å². The number of hydrogen-bond acceptors (Lipinski definition) is 3. The summed E-state index contributed by atoms with van der Waals surface area (Å²) in [6.45, 7) is 4.11. The van der Waals surface area contributed by atoms with Crippen LogP contribution in [0.4, 0.5) is 14.5 Å². The van der Waals surface area contributed by atoms with Gasteiger partial charge in [0.2, 0.25) is 0 Å². The molecular formula is C16H22F2N2O3. The van der Waals surface area contributed by atoms with Gasteiger partial charge in [0.1, 0.15) is 11.6 Å². The van der Waals surface area contributed by atoms with Crippen LogP contribution in [-0.2, 0) is 9.59 Å². The van der Waals surface area contributed by atoms with Crippen LogP contribution in [0.2, 0.25) is 0 Å². The number of aliphatic hydroxyl groups excluding tert-OH is 1. The second-order valence-corrected chi connectivity index (χ2v) is 5.44. The van der Waals surface area contributed by atoms with Gasteiger partial charge in [0.15, 0.2) is 0 Å². The monoisotopic (exact) mass is 328 g/mol. The number of anilines is 1. The molecule has 0 saturated carbocycles. The highest BCUT2D eigenvalue weighted by atomic mass is 19.1. The van der Waals surface area contributed by atoms with E-state index in [0.717, 1.165) is 25.0 Å². The lowest BCUT2D eigenvalue weighted by Gasteiger charge is -2.31. The minimum atomic E-state index is -1.03. The van der Waals surface area contributed by atoms with Crippen LogP contribution < -0.4 is 10.6 Å². The summed E-state index contributed by atoms with van der Waals surface area (Å²) in [6, 6.07) is 2.65. The van der Waals surface area contributed by atoms with Crippen LogP contribution in [0.5, 0.6) is 0 Å². The summed E-state index contributed by atoms with van der Waals surface area (Å²) < 4.78 is 26.2. The van der Waals surface area contributed by atoms with Crippen LogP contribution in [0.25, 0.3) is 0 Å². The Kier molecular flexibility index (Phi) is 7.09. The molecule has 0 aliphatic carbocycles. The van der Waals surface area contributed by atoms with Crippen LogP contribution in [0, 0.1) is 17.0 Å². The van der Waals surface area contributed by atoms with Crippen molar-refractivity contribution in [1.82, 2.24) is 5.32 Å². The van der Waals surface area contributed by atoms with Gasteiger partial charge in [0, 0.05) is 19.2 Å². The van der Waals surface area contributed by atoms with Gasteiger partial charge in [-0.1, -0.05) is 13.8 Å². The van der Waals surface area contributed by atoms with E-state index in [1.54, 1.807) is 0 Å². The fourth-order valence-electron chi connectivity index (χ4n) is 2.30. The molecule has 0 unspecified atom stereocenters. The Bertz CT molecular complexity index is 560. The summed E-state index contributed by atoms with van der Waals surface area (Å²) in [5.74, 6) is -3.66. The number of halogens is 2. The zero-order valence-electron chi connectivity index (χ0n) is 13.3. The summed E-state index contributed by atoms with van der Waals surface area (Å²) in [5, 5.41) is 13.7. The molecule has 3 N–H and O–H groups in total. The molecule has 0 atom stereocenters. The SMILES string of the molecule is CCC(CC)(CCO)CNC(=O)C(=O)Nc1ccc(F)cc1F. The van der Waals surface area contributed by atoms with Gasteiger partial charge in [-0.05, 0) is 36.8 Å². The van der Waals surface area contributed by atoms with Crippen molar-refractivity contribution in [3.63, 3.8) is 0 Å². The highest BCUT2D eigenvalue weighted by molar-refractivity contribution is 6.39. The zero-order valence-corrected chi connectivity index (χ0v) is 13.3. The number of hydrogen-bond donors (Lipinski definition) is 3. The molecule has 7 heteroatoms. The van der Waals surface area contributed by atoms with Crippen molar-refractivity contribution < 1.29 is 23.5 Å². The number of rotatable bonds is 7. The molecule has 1 rings (SSSR count). The molecule has 0 aliphatic rings. The van der Waals surface area contributed by atoms with Crippen LogP contribution >= 0.6 is 0 Å². The first-order valence-electron chi connectivity index (χ1n) is 7.52. The van der Waals surface area contributed by atoms with Crippen LogP contribution in [0.1, 0.15) is 33.1 Å². The second-order valence-electron chi connectivity index (χ2n) is 5.44. The Balaban J connectivity index is 2.65. The van der Waals surface area contributed by atoms with E-state index in [1.807, 2.05) is 13.8 Å². The molecule has 0 aromatic heterocycles. The van der Waals surface area contributed by atoms with E-state index in [-0.39, 0.29) is 24.3 Å². The van der Waals surface area contributed by atoms with Gasteiger partial charge >= 0.3 is 11.8 Å². The quantitative estimate of drug-likeness (QED) is 0.672. The molecule has 0 bridgehead atoms. The number of carbonyl (C=O) groups is 2. The molecule has 5 nitrogen and oxygen atoms in total. The molecular weight excluding hydrogens is 306 g/mol. The number of carbonyl (C=O) groups excluding carboxylic acids is 2. The lowest BCUT2D eigenvalue weighted by molar-refractivity contribution is -0.136. The van der Waals surface area contributed by atoms with Gasteiger partial charge in [-0.3, -0.25) is 9.59 Å². The lowest BCUT2D eigenvalue weighted by atomic mass is 9.79. The first-order chi connectivity index (χ1) is 10.9. The van der Waals surface area contributed by atoms with E-state index in [9.17, 15) is 18.4 Å². The van der Waals surface area contributed by atoms with Gasteiger partial charge in [-0.25, -0.2) is 8.78 Å². The molecule has 0 aliphatic heterocycles. The molecule has 0 heterocycles. The number of benzene rings is 1. The van der Waals surface area contributed by atoms with Crippen molar-refractivity contribution >= 4 is 17.5 Å². The van der Waals surface area contributed by atoms with Crippen LogP contribution in [0.15, 0.2) is 18.2 Å². The average Bonchev–Trinajstić information content (AvgIpc) is 2.53. The fraction of sp³-hybridized carbons (Fsp3) is 0.500. The minimum Gasteiger partial charge on any atom is -0.396 e. The van der Waals surface area contributed by atoms with Gasteiger partial charge in [0.25, 0.3) is 0 Å². The van der Waals surface area contributed by atoms with Crippen molar-refractivity contribution in [3.05, 3.63) is 29.8 Å². The molecule has 0 radical (unpaired) electrons. The maximum Gasteiger partial charge on any atom is 0.313 e. The highest BCUT2D eigenvalue weighted by Gasteiger charge is 2.27. The van der Waals surface area contributed by atoms with Gasteiger partial charge < -0.3 is 15.7 Å². The molecule has 1 aromatic carbocycles. The fourth-order valence-corrected chi connectivity index (χ4v) is 2.30. The Labute approximate surface area is 134 Å². The predicted molar refractivity (Wildman–Crippen MR) is 82.7 cm³/mol. The molecule has 0 fully saturated rings. The van der Waals surface area contributed by atoms with E-state index in [0.29, 0.717) is 12.5 Å². The number of aliphatic hydroxyl groups is 1. The third-order valence-electron chi connectivity index (χ3n) is 4.15. The van der Waals surface area contributed by atoms with Crippen molar-refractivity contribution in [2.45, 2.75) is 33.1 Å². The molecule has 2 amide bonds. The van der Waals surface area contributed by atoms with E-state index in [4.69, 9.17) is 5.11 Å². The van der Waals surface area contributed by atoms with E-state index in [2.05, 4.69) is 10.6 Å². The Morgan fingerprint density at radius 3 is 2.35 bits per heavy atom. The highest BCUT2D eigenvalue weighted by Crippen LogP contribution is 2.29. The van der Waals surface area contributed by atoms with Crippen LogP contribution in [0.3, 0.4) is 0 Å². The van der Waals surface area contributed by atoms with Gasteiger partial charge in [-0.15, -0.1) is 0 Å². The first-order valence-corrected chi connectivity index (χ1v) is 7.52.